The monoisotopic (exact) mass is 263 g/mol. The molecule has 0 radical (unpaired) electrons. The topological polar surface area (TPSA) is 96.7 Å². The van der Waals surface area contributed by atoms with Crippen molar-refractivity contribution in [1.82, 2.24) is 14.9 Å². The van der Waals surface area contributed by atoms with Crippen LogP contribution in [0.2, 0.25) is 0 Å². The fourth-order valence-electron chi connectivity index (χ4n) is 2.13. The largest absolute Gasteiger partial charge is 0.370 e. The second kappa shape index (κ2) is 6.89. The Morgan fingerprint density at radius 3 is 2.47 bits per heavy atom. The zero-order chi connectivity index (χ0) is 13.5. The Morgan fingerprint density at radius 1 is 1.16 bits per heavy atom. The van der Waals surface area contributed by atoms with E-state index in [0.717, 1.165) is 45.1 Å². The Balaban J connectivity index is 1.69. The summed E-state index contributed by atoms with van der Waals surface area (Å²) in [5.41, 5.74) is 10.6. The maximum absolute atomic E-state index is 5.29. The van der Waals surface area contributed by atoms with Gasteiger partial charge in [-0.2, -0.15) is 0 Å². The van der Waals surface area contributed by atoms with Crippen LogP contribution < -0.4 is 16.4 Å². The Kier molecular flexibility index (Phi) is 4.91. The summed E-state index contributed by atoms with van der Waals surface area (Å²) in [7, 11) is 0. The third-order valence-corrected chi connectivity index (χ3v) is 3.13. The van der Waals surface area contributed by atoms with E-state index >= 15 is 0 Å². The average molecular weight is 263 g/mol. The summed E-state index contributed by atoms with van der Waals surface area (Å²) in [5, 5.41) is 0. The highest BCUT2D eigenvalue weighted by atomic mass is 15.3. The SMILES string of the molecule is NC(N)=NCCCN1CCN(c2ncccn2)CC1. The van der Waals surface area contributed by atoms with Gasteiger partial charge in [-0.1, -0.05) is 0 Å². The lowest BCUT2D eigenvalue weighted by atomic mass is 10.3. The van der Waals surface area contributed by atoms with Crippen molar-refractivity contribution in [3.05, 3.63) is 18.5 Å². The molecule has 7 nitrogen and oxygen atoms in total. The molecular formula is C12H21N7. The number of anilines is 1. The molecule has 2 rings (SSSR count). The van der Waals surface area contributed by atoms with Crippen LogP contribution in [0.25, 0.3) is 0 Å². The lowest BCUT2D eigenvalue weighted by molar-refractivity contribution is 0.255. The van der Waals surface area contributed by atoms with Crippen LogP contribution >= 0.6 is 0 Å². The van der Waals surface area contributed by atoms with E-state index in [0.29, 0.717) is 6.54 Å². The molecule has 0 amide bonds. The first-order valence-corrected chi connectivity index (χ1v) is 6.55. The van der Waals surface area contributed by atoms with E-state index in [4.69, 9.17) is 11.5 Å². The average Bonchev–Trinajstić information content (AvgIpc) is 2.45. The van der Waals surface area contributed by atoms with Crippen molar-refractivity contribution in [2.45, 2.75) is 6.42 Å². The number of hydrogen-bond donors (Lipinski definition) is 2. The fourth-order valence-corrected chi connectivity index (χ4v) is 2.13. The highest BCUT2D eigenvalue weighted by Gasteiger charge is 2.17. The van der Waals surface area contributed by atoms with E-state index < -0.39 is 0 Å². The molecule has 1 aromatic rings. The molecule has 0 atom stereocenters. The lowest BCUT2D eigenvalue weighted by Gasteiger charge is -2.34. The molecular weight excluding hydrogens is 242 g/mol. The van der Waals surface area contributed by atoms with Gasteiger partial charge in [-0.15, -0.1) is 0 Å². The molecule has 4 N–H and O–H groups in total. The second-order valence-corrected chi connectivity index (χ2v) is 4.54. The highest BCUT2D eigenvalue weighted by molar-refractivity contribution is 5.75. The summed E-state index contributed by atoms with van der Waals surface area (Å²) in [4.78, 5) is 17.2. The molecule has 1 saturated heterocycles. The Morgan fingerprint density at radius 2 is 1.84 bits per heavy atom. The maximum Gasteiger partial charge on any atom is 0.225 e. The minimum absolute atomic E-state index is 0.172. The standard InChI is InChI=1S/C12H21N7/c13-11(14)15-5-2-6-18-7-9-19(10-8-18)12-16-3-1-4-17-12/h1,3-4H,2,5-10H2,(H4,13,14,15). The highest BCUT2D eigenvalue weighted by Crippen LogP contribution is 2.09. The summed E-state index contributed by atoms with van der Waals surface area (Å²) in [6.45, 7) is 5.71. The van der Waals surface area contributed by atoms with E-state index in [1.165, 1.54) is 0 Å². The number of rotatable bonds is 5. The molecule has 1 aliphatic heterocycles. The number of nitrogens with zero attached hydrogens (tertiary/aromatic N) is 5. The third kappa shape index (κ3) is 4.36. The molecule has 2 heterocycles. The number of hydrogen-bond acceptors (Lipinski definition) is 5. The van der Waals surface area contributed by atoms with Crippen molar-refractivity contribution in [1.29, 1.82) is 0 Å². The summed E-state index contributed by atoms with van der Waals surface area (Å²) < 4.78 is 0. The predicted octanol–water partition coefficient (Wildman–Crippen LogP) is -0.738. The van der Waals surface area contributed by atoms with Gasteiger partial charge in [-0.05, 0) is 12.5 Å². The normalized spacial score (nSPS) is 16.3. The molecule has 19 heavy (non-hydrogen) atoms. The van der Waals surface area contributed by atoms with E-state index in [-0.39, 0.29) is 5.96 Å². The molecule has 0 unspecified atom stereocenters. The van der Waals surface area contributed by atoms with Gasteiger partial charge in [-0.25, -0.2) is 9.97 Å². The van der Waals surface area contributed by atoms with Crippen LogP contribution in [0.4, 0.5) is 5.95 Å². The molecule has 1 aliphatic rings. The minimum Gasteiger partial charge on any atom is -0.370 e. The number of nitrogens with two attached hydrogens (primary N) is 2. The van der Waals surface area contributed by atoms with Gasteiger partial charge in [0.05, 0.1) is 0 Å². The smallest absolute Gasteiger partial charge is 0.225 e. The van der Waals surface area contributed by atoms with E-state index in [2.05, 4.69) is 24.8 Å². The van der Waals surface area contributed by atoms with Crippen LogP contribution in [0.5, 0.6) is 0 Å². The molecule has 0 saturated carbocycles. The molecule has 0 aromatic carbocycles. The lowest BCUT2D eigenvalue weighted by Crippen LogP contribution is -2.47. The second-order valence-electron chi connectivity index (χ2n) is 4.54. The van der Waals surface area contributed by atoms with Crippen molar-refractivity contribution in [3.8, 4) is 0 Å². The Hall–Kier alpha value is -1.89. The van der Waals surface area contributed by atoms with Gasteiger partial charge in [0.15, 0.2) is 5.96 Å². The van der Waals surface area contributed by atoms with Gasteiger partial charge in [-0.3, -0.25) is 9.89 Å². The van der Waals surface area contributed by atoms with Crippen LogP contribution in [-0.2, 0) is 0 Å². The van der Waals surface area contributed by atoms with Crippen LogP contribution in [0, 0.1) is 0 Å². The zero-order valence-corrected chi connectivity index (χ0v) is 11.1. The van der Waals surface area contributed by atoms with Crippen molar-refractivity contribution < 1.29 is 0 Å². The van der Waals surface area contributed by atoms with Gasteiger partial charge < -0.3 is 16.4 Å². The van der Waals surface area contributed by atoms with Crippen LogP contribution in [-0.4, -0.2) is 60.1 Å². The minimum atomic E-state index is 0.172. The summed E-state index contributed by atoms with van der Waals surface area (Å²) in [6.07, 6.45) is 4.55. The number of guanidine groups is 1. The van der Waals surface area contributed by atoms with Crippen LogP contribution in [0.1, 0.15) is 6.42 Å². The molecule has 1 fully saturated rings. The Bertz CT molecular complexity index is 394. The molecule has 0 bridgehead atoms. The van der Waals surface area contributed by atoms with Crippen molar-refractivity contribution in [3.63, 3.8) is 0 Å². The first kappa shape index (κ1) is 13.5. The summed E-state index contributed by atoms with van der Waals surface area (Å²) in [6, 6.07) is 1.84. The van der Waals surface area contributed by atoms with Crippen molar-refractivity contribution in [2.24, 2.45) is 16.5 Å². The fraction of sp³-hybridized carbons (Fsp3) is 0.583. The number of aliphatic imine (C=N–C) groups is 1. The van der Waals surface area contributed by atoms with E-state index in [9.17, 15) is 0 Å². The van der Waals surface area contributed by atoms with Gasteiger partial charge in [0.1, 0.15) is 0 Å². The molecule has 0 spiro atoms. The Labute approximate surface area is 113 Å². The molecule has 1 aromatic heterocycles. The van der Waals surface area contributed by atoms with E-state index in [1.807, 2.05) is 6.07 Å². The summed E-state index contributed by atoms with van der Waals surface area (Å²) in [5.74, 6) is 0.994. The third-order valence-electron chi connectivity index (χ3n) is 3.13. The number of piperazine rings is 1. The first-order chi connectivity index (χ1) is 9.25. The first-order valence-electron chi connectivity index (χ1n) is 6.55. The predicted molar refractivity (Wildman–Crippen MR) is 76.0 cm³/mol. The van der Waals surface area contributed by atoms with Gasteiger partial charge in [0, 0.05) is 51.7 Å². The molecule has 104 valence electrons. The van der Waals surface area contributed by atoms with Crippen molar-refractivity contribution in [2.75, 3.05) is 44.2 Å². The van der Waals surface area contributed by atoms with E-state index in [1.54, 1.807) is 12.4 Å². The van der Waals surface area contributed by atoms with Crippen LogP contribution in [0.15, 0.2) is 23.5 Å². The van der Waals surface area contributed by atoms with Gasteiger partial charge in [0.2, 0.25) is 5.95 Å². The van der Waals surface area contributed by atoms with Gasteiger partial charge >= 0.3 is 0 Å². The van der Waals surface area contributed by atoms with Gasteiger partial charge in [0.25, 0.3) is 0 Å². The van der Waals surface area contributed by atoms with Crippen molar-refractivity contribution >= 4 is 11.9 Å². The zero-order valence-electron chi connectivity index (χ0n) is 11.1. The van der Waals surface area contributed by atoms with Crippen LogP contribution in [0.3, 0.4) is 0 Å². The summed E-state index contributed by atoms with van der Waals surface area (Å²) >= 11 is 0. The quantitative estimate of drug-likeness (QED) is 0.413. The number of aromatic nitrogens is 2. The molecule has 0 aliphatic carbocycles. The molecule has 7 heteroatoms. The maximum atomic E-state index is 5.29.